The zero-order valence-corrected chi connectivity index (χ0v) is 10.4. The standard InChI is InChI=1S/C11H9BrO5/c1-6-2-3-8(7(12)4-6)17-9(11(15)16)5-10(13)14/h2-5H,1H3,(H,13,14)(H,15,16)/b9-5+. The summed E-state index contributed by atoms with van der Waals surface area (Å²) in [6, 6.07) is 5.01. The summed E-state index contributed by atoms with van der Waals surface area (Å²) in [7, 11) is 0. The zero-order valence-electron chi connectivity index (χ0n) is 8.81. The molecule has 1 rings (SSSR count). The highest BCUT2D eigenvalue weighted by Gasteiger charge is 2.14. The summed E-state index contributed by atoms with van der Waals surface area (Å²) in [5, 5.41) is 17.2. The van der Waals surface area contributed by atoms with E-state index in [1.807, 2.05) is 6.92 Å². The lowest BCUT2D eigenvalue weighted by atomic mass is 10.2. The lowest BCUT2D eigenvalue weighted by Gasteiger charge is -2.08. The number of benzene rings is 1. The van der Waals surface area contributed by atoms with Gasteiger partial charge in [0.05, 0.1) is 10.5 Å². The Morgan fingerprint density at radius 2 is 2.00 bits per heavy atom. The number of halogens is 1. The smallest absolute Gasteiger partial charge is 0.372 e. The molecule has 1 aromatic rings. The van der Waals surface area contributed by atoms with E-state index in [0.29, 0.717) is 10.5 Å². The van der Waals surface area contributed by atoms with Gasteiger partial charge in [-0.2, -0.15) is 0 Å². The summed E-state index contributed by atoms with van der Waals surface area (Å²) in [6.07, 6.45) is 0.495. The van der Waals surface area contributed by atoms with Crippen LogP contribution in [-0.2, 0) is 9.59 Å². The Kier molecular flexibility index (Phi) is 4.28. The van der Waals surface area contributed by atoms with Crippen LogP contribution in [0.2, 0.25) is 0 Å². The maximum absolute atomic E-state index is 10.7. The van der Waals surface area contributed by atoms with E-state index in [2.05, 4.69) is 15.9 Å². The molecule has 0 fully saturated rings. The van der Waals surface area contributed by atoms with E-state index in [1.165, 1.54) is 0 Å². The van der Waals surface area contributed by atoms with Crippen molar-refractivity contribution in [2.24, 2.45) is 0 Å². The third-order valence-corrected chi connectivity index (χ3v) is 2.39. The van der Waals surface area contributed by atoms with Crippen LogP contribution in [-0.4, -0.2) is 22.2 Å². The van der Waals surface area contributed by atoms with Crippen molar-refractivity contribution in [1.82, 2.24) is 0 Å². The molecule has 0 bridgehead atoms. The fraction of sp³-hybridized carbons (Fsp3) is 0.0909. The Morgan fingerprint density at radius 1 is 1.35 bits per heavy atom. The fourth-order valence-electron chi connectivity index (χ4n) is 1.05. The van der Waals surface area contributed by atoms with Gasteiger partial charge in [0.25, 0.3) is 0 Å². The largest absolute Gasteiger partial charge is 0.478 e. The molecule has 0 amide bonds. The van der Waals surface area contributed by atoms with E-state index < -0.39 is 17.7 Å². The molecule has 0 saturated carbocycles. The Balaban J connectivity index is 3.02. The first kappa shape index (κ1) is 13.2. The molecule has 90 valence electrons. The minimum absolute atomic E-state index is 0.241. The molecule has 0 radical (unpaired) electrons. The van der Waals surface area contributed by atoms with Crippen LogP contribution in [0.15, 0.2) is 34.5 Å². The molecule has 0 aliphatic heterocycles. The van der Waals surface area contributed by atoms with Gasteiger partial charge in [0.1, 0.15) is 5.75 Å². The van der Waals surface area contributed by atoms with Crippen LogP contribution in [0.1, 0.15) is 5.56 Å². The lowest BCUT2D eigenvalue weighted by molar-refractivity contribution is -0.137. The van der Waals surface area contributed by atoms with Crippen LogP contribution in [0.3, 0.4) is 0 Å². The summed E-state index contributed by atoms with van der Waals surface area (Å²) in [4.78, 5) is 21.2. The second kappa shape index (κ2) is 5.49. The second-order valence-electron chi connectivity index (χ2n) is 3.19. The van der Waals surface area contributed by atoms with Gasteiger partial charge in [0.2, 0.25) is 5.76 Å². The van der Waals surface area contributed by atoms with Crippen molar-refractivity contribution in [3.63, 3.8) is 0 Å². The molecule has 6 heteroatoms. The van der Waals surface area contributed by atoms with Gasteiger partial charge in [0, 0.05) is 0 Å². The first-order chi connectivity index (χ1) is 7.90. The van der Waals surface area contributed by atoms with Gasteiger partial charge >= 0.3 is 11.9 Å². The minimum Gasteiger partial charge on any atom is -0.478 e. The van der Waals surface area contributed by atoms with Crippen molar-refractivity contribution >= 4 is 27.9 Å². The highest BCUT2D eigenvalue weighted by atomic mass is 79.9. The highest BCUT2D eigenvalue weighted by Crippen LogP contribution is 2.27. The number of hydrogen-bond acceptors (Lipinski definition) is 3. The van der Waals surface area contributed by atoms with Gasteiger partial charge in [-0.3, -0.25) is 0 Å². The topological polar surface area (TPSA) is 83.8 Å². The van der Waals surface area contributed by atoms with Gasteiger partial charge in [0.15, 0.2) is 0 Å². The van der Waals surface area contributed by atoms with Crippen LogP contribution < -0.4 is 4.74 Å². The van der Waals surface area contributed by atoms with Gasteiger partial charge in [-0.05, 0) is 40.5 Å². The Labute approximate surface area is 105 Å². The molecule has 0 aromatic heterocycles. The molecule has 17 heavy (non-hydrogen) atoms. The summed E-state index contributed by atoms with van der Waals surface area (Å²) in [6.45, 7) is 1.86. The quantitative estimate of drug-likeness (QED) is 0.658. The fourth-order valence-corrected chi connectivity index (χ4v) is 1.63. The molecular formula is C11H9BrO5. The second-order valence-corrected chi connectivity index (χ2v) is 4.04. The average molecular weight is 301 g/mol. The van der Waals surface area contributed by atoms with Crippen LogP contribution in [0, 0.1) is 6.92 Å². The van der Waals surface area contributed by atoms with Gasteiger partial charge in [-0.1, -0.05) is 6.07 Å². The minimum atomic E-state index is -1.44. The van der Waals surface area contributed by atoms with E-state index in [-0.39, 0.29) is 5.75 Å². The normalized spacial score (nSPS) is 11.1. The molecule has 0 heterocycles. The van der Waals surface area contributed by atoms with Gasteiger partial charge in [-0.15, -0.1) is 0 Å². The third kappa shape index (κ3) is 3.92. The van der Waals surface area contributed by atoms with Crippen molar-refractivity contribution in [3.05, 3.63) is 40.1 Å². The van der Waals surface area contributed by atoms with Crippen molar-refractivity contribution in [2.75, 3.05) is 0 Å². The molecule has 5 nitrogen and oxygen atoms in total. The predicted octanol–water partition coefficient (Wildman–Crippen LogP) is 2.19. The number of hydrogen-bond donors (Lipinski definition) is 2. The Bertz CT molecular complexity index is 493. The Hall–Kier alpha value is -1.82. The molecule has 0 atom stereocenters. The summed E-state index contributed by atoms with van der Waals surface area (Å²) >= 11 is 3.20. The molecule has 0 aliphatic carbocycles. The van der Waals surface area contributed by atoms with Crippen molar-refractivity contribution < 1.29 is 24.5 Å². The van der Waals surface area contributed by atoms with Gasteiger partial charge < -0.3 is 14.9 Å². The highest BCUT2D eigenvalue weighted by molar-refractivity contribution is 9.10. The first-order valence-electron chi connectivity index (χ1n) is 4.52. The number of carboxylic acids is 2. The lowest BCUT2D eigenvalue weighted by Crippen LogP contribution is -2.10. The van der Waals surface area contributed by atoms with E-state index in [1.54, 1.807) is 18.2 Å². The first-order valence-corrected chi connectivity index (χ1v) is 5.31. The molecule has 1 aromatic carbocycles. The molecule has 0 saturated heterocycles. The summed E-state index contributed by atoms with van der Waals surface area (Å²) in [5.41, 5.74) is 0.961. The number of aryl methyl sites for hydroxylation is 1. The van der Waals surface area contributed by atoms with E-state index in [4.69, 9.17) is 14.9 Å². The number of carbonyl (C=O) groups is 2. The van der Waals surface area contributed by atoms with E-state index in [9.17, 15) is 9.59 Å². The van der Waals surface area contributed by atoms with Crippen molar-refractivity contribution in [2.45, 2.75) is 6.92 Å². The SMILES string of the molecule is Cc1ccc(O/C(=C/C(=O)O)C(=O)O)c(Br)c1. The van der Waals surface area contributed by atoms with Crippen LogP contribution in [0.4, 0.5) is 0 Å². The zero-order chi connectivity index (χ0) is 13.0. The summed E-state index contributed by atoms with van der Waals surface area (Å²) in [5.74, 6) is -3.24. The van der Waals surface area contributed by atoms with Crippen LogP contribution in [0.5, 0.6) is 5.75 Å². The maximum Gasteiger partial charge on any atom is 0.372 e. The third-order valence-electron chi connectivity index (χ3n) is 1.77. The monoisotopic (exact) mass is 300 g/mol. The number of ether oxygens (including phenoxy) is 1. The Morgan fingerprint density at radius 3 is 2.47 bits per heavy atom. The van der Waals surface area contributed by atoms with Crippen LogP contribution >= 0.6 is 15.9 Å². The van der Waals surface area contributed by atoms with E-state index >= 15 is 0 Å². The van der Waals surface area contributed by atoms with E-state index in [0.717, 1.165) is 5.56 Å². The average Bonchev–Trinajstić information content (AvgIpc) is 2.19. The summed E-state index contributed by atoms with van der Waals surface area (Å²) < 4.78 is 5.56. The predicted molar refractivity (Wildman–Crippen MR) is 62.9 cm³/mol. The number of aliphatic carboxylic acids is 2. The molecule has 0 aliphatic rings. The molecular weight excluding hydrogens is 292 g/mol. The van der Waals surface area contributed by atoms with Crippen molar-refractivity contribution in [3.8, 4) is 5.75 Å². The molecule has 0 unspecified atom stereocenters. The van der Waals surface area contributed by atoms with Crippen LogP contribution in [0.25, 0.3) is 0 Å². The molecule has 0 spiro atoms. The molecule has 2 N–H and O–H groups in total. The van der Waals surface area contributed by atoms with Gasteiger partial charge in [-0.25, -0.2) is 9.59 Å². The number of carboxylic acid groups (broad SMARTS) is 2. The van der Waals surface area contributed by atoms with Crippen molar-refractivity contribution in [1.29, 1.82) is 0 Å². The maximum atomic E-state index is 10.7. The number of rotatable bonds is 4.